The molecule has 0 atom stereocenters. The van der Waals surface area contributed by atoms with Crippen LogP contribution in [0.15, 0.2) is 59.7 Å². The van der Waals surface area contributed by atoms with Crippen LogP contribution in [0.5, 0.6) is 5.75 Å². The number of ether oxygens (including phenoxy) is 1. The topological polar surface area (TPSA) is 88.0 Å². The van der Waals surface area contributed by atoms with Gasteiger partial charge in [-0.2, -0.15) is 5.10 Å². The minimum absolute atomic E-state index is 0.0761. The third-order valence-electron chi connectivity index (χ3n) is 3.40. The average molecular weight is 340 g/mol. The van der Waals surface area contributed by atoms with Crippen molar-refractivity contribution in [1.29, 1.82) is 0 Å². The largest absolute Gasteiger partial charge is 0.494 e. The van der Waals surface area contributed by atoms with E-state index in [1.54, 1.807) is 48.5 Å². The number of aliphatic carboxylic acids is 1. The first-order chi connectivity index (χ1) is 12.1. The summed E-state index contributed by atoms with van der Waals surface area (Å²) in [5.74, 6) is -0.551. The van der Waals surface area contributed by atoms with Crippen LogP contribution >= 0.6 is 0 Å². The number of nitrogens with one attached hydrogen (secondary N) is 1. The standard InChI is InChI=1S/C19H20N2O4/c1-2-25-16-10-8-14(9-11-16)17(12-13-18(22)23)20-21-19(24)15-6-4-3-5-7-15/h3-11H,2,12-13H2,1H3,(H,21,24)(H,22,23)/b20-17-. The van der Waals surface area contributed by atoms with Crippen LogP contribution in [-0.2, 0) is 4.79 Å². The molecule has 6 heteroatoms. The molecule has 1 amide bonds. The minimum atomic E-state index is -0.923. The molecule has 0 unspecified atom stereocenters. The van der Waals surface area contributed by atoms with Crippen LogP contribution < -0.4 is 10.2 Å². The highest BCUT2D eigenvalue weighted by molar-refractivity contribution is 6.03. The molecule has 0 aromatic heterocycles. The number of carboxylic acids is 1. The number of rotatable bonds is 8. The minimum Gasteiger partial charge on any atom is -0.494 e. The summed E-state index contributed by atoms with van der Waals surface area (Å²) < 4.78 is 5.39. The molecule has 0 fully saturated rings. The molecule has 130 valence electrons. The lowest BCUT2D eigenvalue weighted by atomic mass is 10.1. The summed E-state index contributed by atoms with van der Waals surface area (Å²) in [6, 6.07) is 15.9. The van der Waals surface area contributed by atoms with Gasteiger partial charge in [-0.15, -0.1) is 0 Å². The van der Waals surface area contributed by atoms with E-state index < -0.39 is 5.97 Å². The average Bonchev–Trinajstić information content (AvgIpc) is 2.63. The SMILES string of the molecule is CCOc1ccc(/C(CCC(=O)O)=N\NC(=O)c2ccccc2)cc1. The Morgan fingerprint density at radius 3 is 2.28 bits per heavy atom. The number of hydrazone groups is 1. The van der Waals surface area contributed by atoms with E-state index in [0.29, 0.717) is 17.9 Å². The van der Waals surface area contributed by atoms with Gasteiger partial charge >= 0.3 is 5.97 Å². The third kappa shape index (κ3) is 5.76. The van der Waals surface area contributed by atoms with E-state index in [1.165, 1.54) is 0 Å². The maximum absolute atomic E-state index is 12.1. The Morgan fingerprint density at radius 2 is 1.68 bits per heavy atom. The van der Waals surface area contributed by atoms with E-state index in [4.69, 9.17) is 9.84 Å². The van der Waals surface area contributed by atoms with E-state index in [9.17, 15) is 9.59 Å². The normalized spacial score (nSPS) is 11.0. The van der Waals surface area contributed by atoms with Crippen LogP contribution in [0, 0.1) is 0 Å². The Balaban J connectivity index is 2.16. The summed E-state index contributed by atoms with van der Waals surface area (Å²) in [7, 11) is 0. The van der Waals surface area contributed by atoms with Gasteiger partial charge in [0.25, 0.3) is 5.91 Å². The Bertz CT molecular complexity index is 740. The quantitative estimate of drug-likeness (QED) is 0.571. The number of carbonyl (C=O) groups is 2. The van der Waals surface area contributed by atoms with E-state index in [0.717, 1.165) is 11.3 Å². The molecule has 0 aliphatic carbocycles. The van der Waals surface area contributed by atoms with Gasteiger partial charge in [0, 0.05) is 12.0 Å². The summed E-state index contributed by atoms with van der Waals surface area (Å²) in [4.78, 5) is 23.0. The first-order valence-electron chi connectivity index (χ1n) is 7.97. The summed E-state index contributed by atoms with van der Waals surface area (Å²) in [5, 5.41) is 13.0. The fourth-order valence-electron chi connectivity index (χ4n) is 2.17. The Labute approximate surface area is 146 Å². The molecule has 0 aliphatic rings. The van der Waals surface area contributed by atoms with E-state index in [2.05, 4.69) is 10.5 Å². The number of hydrogen-bond acceptors (Lipinski definition) is 4. The number of nitrogens with zero attached hydrogens (tertiary/aromatic N) is 1. The second kappa shape index (κ2) is 9.22. The number of carbonyl (C=O) groups excluding carboxylic acids is 1. The smallest absolute Gasteiger partial charge is 0.303 e. The van der Waals surface area contributed by atoms with Crippen LogP contribution in [0.1, 0.15) is 35.7 Å². The molecule has 0 heterocycles. The van der Waals surface area contributed by atoms with Gasteiger partial charge in [-0.1, -0.05) is 18.2 Å². The second-order valence-corrected chi connectivity index (χ2v) is 5.22. The van der Waals surface area contributed by atoms with Gasteiger partial charge in [0.2, 0.25) is 0 Å². The van der Waals surface area contributed by atoms with Crippen molar-refractivity contribution in [2.24, 2.45) is 5.10 Å². The van der Waals surface area contributed by atoms with E-state index in [-0.39, 0.29) is 18.7 Å². The number of benzene rings is 2. The van der Waals surface area contributed by atoms with Crippen LogP contribution in [0.3, 0.4) is 0 Å². The maximum atomic E-state index is 12.1. The molecule has 2 aromatic carbocycles. The van der Waals surface area contributed by atoms with Crippen molar-refractivity contribution in [3.05, 3.63) is 65.7 Å². The highest BCUT2D eigenvalue weighted by Gasteiger charge is 2.09. The van der Waals surface area contributed by atoms with Crippen LogP contribution in [0.4, 0.5) is 0 Å². The Kier molecular flexibility index (Phi) is 6.71. The van der Waals surface area contributed by atoms with Gasteiger partial charge in [0.1, 0.15) is 5.75 Å². The third-order valence-corrected chi connectivity index (χ3v) is 3.40. The summed E-state index contributed by atoms with van der Waals surface area (Å²) >= 11 is 0. The first-order valence-corrected chi connectivity index (χ1v) is 7.97. The van der Waals surface area contributed by atoms with Gasteiger partial charge in [-0.05, 0) is 48.9 Å². The fourth-order valence-corrected chi connectivity index (χ4v) is 2.17. The lowest BCUT2D eigenvalue weighted by Crippen LogP contribution is -2.20. The van der Waals surface area contributed by atoms with Crippen molar-refractivity contribution < 1.29 is 19.4 Å². The highest BCUT2D eigenvalue weighted by Crippen LogP contribution is 2.14. The van der Waals surface area contributed by atoms with Gasteiger partial charge in [-0.3, -0.25) is 9.59 Å². The molecule has 0 saturated heterocycles. The van der Waals surface area contributed by atoms with Gasteiger partial charge in [-0.25, -0.2) is 5.43 Å². The lowest BCUT2D eigenvalue weighted by molar-refractivity contribution is -0.136. The molecule has 25 heavy (non-hydrogen) atoms. The van der Waals surface area contributed by atoms with E-state index >= 15 is 0 Å². The molecule has 2 aromatic rings. The number of hydrogen-bond donors (Lipinski definition) is 2. The zero-order chi connectivity index (χ0) is 18.1. The Hall–Kier alpha value is -3.15. The number of amides is 1. The van der Waals surface area contributed by atoms with Crippen molar-refractivity contribution in [2.45, 2.75) is 19.8 Å². The molecule has 0 bridgehead atoms. The van der Waals surface area contributed by atoms with Crippen molar-refractivity contribution in [3.8, 4) is 5.75 Å². The highest BCUT2D eigenvalue weighted by atomic mass is 16.5. The monoisotopic (exact) mass is 340 g/mol. The van der Waals surface area contributed by atoms with Gasteiger partial charge in [0.15, 0.2) is 0 Å². The zero-order valence-corrected chi connectivity index (χ0v) is 13.9. The van der Waals surface area contributed by atoms with Gasteiger partial charge < -0.3 is 9.84 Å². The van der Waals surface area contributed by atoms with Gasteiger partial charge in [0.05, 0.1) is 18.7 Å². The fraction of sp³-hybridized carbons (Fsp3) is 0.211. The molecule has 0 spiro atoms. The molecule has 0 aliphatic heterocycles. The second-order valence-electron chi connectivity index (χ2n) is 5.22. The molecular weight excluding hydrogens is 320 g/mol. The molecule has 0 saturated carbocycles. The van der Waals surface area contributed by atoms with Crippen LogP contribution in [-0.4, -0.2) is 29.3 Å². The molecule has 2 N–H and O–H groups in total. The van der Waals surface area contributed by atoms with E-state index in [1.807, 2.05) is 13.0 Å². The lowest BCUT2D eigenvalue weighted by Gasteiger charge is -2.08. The first kappa shape index (κ1) is 18.2. The molecule has 0 radical (unpaired) electrons. The van der Waals surface area contributed by atoms with Crippen LogP contribution in [0.2, 0.25) is 0 Å². The molecule has 6 nitrogen and oxygen atoms in total. The predicted octanol–water partition coefficient (Wildman–Crippen LogP) is 3.08. The summed E-state index contributed by atoms with van der Waals surface area (Å²) in [6.07, 6.45) is 0.131. The van der Waals surface area contributed by atoms with Crippen molar-refractivity contribution >= 4 is 17.6 Å². The summed E-state index contributed by atoms with van der Waals surface area (Å²) in [6.45, 7) is 2.46. The van der Waals surface area contributed by atoms with Crippen molar-refractivity contribution in [2.75, 3.05) is 6.61 Å². The van der Waals surface area contributed by atoms with Crippen LogP contribution in [0.25, 0.3) is 0 Å². The zero-order valence-electron chi connectivity index (χ0n) is 13.9. The maximum Gasteiger partial charge on any atom is 0.303 e. The van der Waals surface area contributed by atoms with Crippen molar-refractivity contribution in [1.82, 2.24) is 5.43 Å². The van der Waals surface area contributed by atoms with Crippen molar-refractivity contribution in [3.63, 3.8) is 0 Å². The Morgan fingerprint density at radius 1 is 1.00 bits per heavy atom. The molecule has 2 rings (SSSR count). The number of carboxylic acid groups (broad SMARTS) is 1. The molecular formula is C19H20N2O4. The predicted molar refractivity (Wildman–Crippen MR) is 94.9 cm³/mol. The summed E-state index contributed by atoms with van der Waals surface area (Å²) in [5.41, 5.74) is 4.20.